The molecular weight excluding hydrogens is 266 g/mol. The number of benzene rings is 1. The molecule has 0 saturated heterocycles. The van der Waals surface area contributed by atoms with Crippen molar-refractivity contribution < 1.29 is 9.53 Å². The molecule has 112 valence electrons. The Kier molecular flexibility index (Phi) is 4.40. The van der Waals surface area contributed by atoms with E-state index >= 15 is 0 Å². The normalized spacial score (nSPS) is 10.7. The monoisotopic (exact) mass is 287 g/mol. The first-order valence-electron chi connectivity index (χ1n) is 7.08. The van der Waals surface area contributed by atoms with Crippen LogP contribution in [0.3, 0.4) is 0 Å². The molecule has 0 amide bonds. The van der Waals surface area contributed by atoms with Crippen LogP contribution in [-0.2, 0) is 11.3 Å². The predicted molar refractivity (Wildman–Crippen MR) is 80.5 cm³/mol. The molecule has 0 unspecified atom stereocenters. The summed E-state index contributed by atoms with van der Waals surface area (Å²) >= 11 is 0. The molecule has 0 saturated carbocycles. The van der Waals surface area contributed by atoms with E-state index in [-0.39, 0.29) is 0 Å². The number of hydrogen-bond donors (Lipinski definition) is 0. The molecular formula is C16H21N3O2. The van der Waals surface area contributed by atoms with Crippen molar-refractivity contribution in [2.75, 3.05) is 6.61 Å². The van der Waals surface area contributed by atoms with E-state index < -0.39 is 5.97 Å². The van der Waals surface area contributed by atoms with E-state index in [1.54, 1.807) is 11.6 Å². The Morgan fingerprint density at radius 3 is 2.38 bits per heavy atom. The molecule has 0 spiro atoms. The van der Waals surface area contributed by atoms with Gasteiger partial charge >= 0.3 is 5.97 Å². The minimum absolute atomic E-state index is 0.291. The Morgan fingerprint density at radius 1 is 1.19 bits per heavy atom. The lowest BCUT2D eigenvalue weighted by molar-refractivity contribution is 0.0518. The zero-order valence-electron chi connectivity index (χ0n) is 13.2. The highest BCUT2D eigenvalue weighted by molar-refractivity contribution is 5.88. The molecule has 21 heavy (non-hydrogen) atoms. The molecule has 0 fully saturated rings. The predicted octanol–water partition coefficient (Wildman–Crippen LogP) is 2.74. The third-order valence-corrected chi connectivity index (χ3v) is 3.60. The summed E-state index contributed by atoms with van der Waals surface area (Å²) in [7, 11) is 0. The molecule has 2 aromatic rings. The van der Waals surface area contributed by atoms with Gasteiger partial charge < -0.3 is 4.74 Å². The van der Waals surface area contributed by atoms with Gasteiger partial charge in [0.25, 0.3) is 0 Å². The number of nitrogens with zero attached hydrogens (tertiary/aromatic N) is 3. The van der Waals surface area contributed by atoms with Crippen LogP contribution in [0.15, 0.2) is 12.1 Å². The SMILES string of the molecule is CCOC(=O)c1nnn(Cc2c(C)cc(C)cc2C)c1C. The second-order valence-corrected chi connectivity index (χ2v) is 5.28. The van der Waals surface area contributed by atoms with Crippen molar-refractivity contribution >= 4 is 5.97 Å². The Morgan fingerprint density at radius 2 is 1.81 bits per heavy atom. The molecule has 0 aliphatic rings. The highest BCUT2D eigenvalue weighted by Gasteiger charge is 2.18. The van der Waals surface area contributed by atoms with Gasteiger partial charge in [-0.15, -0.1) is 5.10 Å². The van der Waals surface area contributed by atoms with Gasteiger partial charge in [0, 0.05) is 0 Å². The van der Waals surface area contributed by atoms with Crippen LogP contribution >= 0.6 is 0 Å². The van der Waals surface area contributed by atoms with Gasteiger partial charge in [0.15, 0.2) is 5.69 Å². The van der Waals surface area contributed by atoms with Crippen molar-refractivity contribution in [3.05, 3.63) is 45.8 Å². The summed E-state index contributed by atoms with van der Waals surface area (Å²) in [5, 5.41) is 8.03. The van der Waals surface area contributed by atoms with Crippen LogP contribution in [0.4, 0.5) is 0 Å². The van der Waals surface area contributed by atoms with Crippen molar-refractivity contribution in [1.29, 1.82) is 0 Å². The number of carbonyl (C=O) groups is 1. The van der Waals surface area contributed by atoms with Gasteiger partial charge in [0.2, 0.25) is 0 Å². The molecule has 1 aromatic heterocycles. The highest BCUT2D eigenvalue weighted by atomic mass is 16.5. The molecule has 0 radical (unpaired) electrons. The van der Waals surface area contributed by atoms with Gasteiger partial charge in [-0.2, -0.15) is 0 Å². The number of hydrogen-bond acceptors (Lipinski definition) is 4. The summed E-state index contributed by atoms with van der Waals surface area (Å²) in [5.41, 5.74) is 5.92. The standard InChI is InChI=1S/C16H21N3O2/c1-6-21-16(20)15-13(5)19(18-17-15)9-14-11(3)7-10(2)8-12(14)4/h7-8H,6,9H2,1-5H3. The van der Waals surface area contributed by atoms with Crippen molar-refractivity contribution in [3.8, 4) is 0 Å². The second kappa shape index (κ2) is 6.08. The first kappa shape index (κ1) is 15.2. The average molecular weight is 287 g/mol. The fourth-order valence-electron chi connectivity index (χ4n) is 2.51. The highest BCUT2D eigenvalue weighted by Crippen LogP contribution is 2.18. The maximum Gasteiger partial charge on any atom is 0.360 e. The van der Waals surface area contributed by atoms with Gasteiger partial charge in [-0.1, -0.05) is 22.9 Å². The molecule has 0 aliphatic heterocycles. The van der Waals surface area contributed by atoms with Crippen molar-refractivity contribution in [1.82, 2.24) is 15.0 Å². The number of carbonyl (C=O) groups excluding carboxylic acids is 1. The van der Waals surface area contributed by atoms with E-state index in [1.165, 1.54) is 22.3 Å². The van der Waals surface area contributed by atoms with E-state index in [9.17, 15) is 4.79 Å². The summed E-state index contributed by atoms with van der Waals surface area (Å²) in [6.45, 7) is 10.8. The average Bonchev–Trinajstić information content (AvgIpc) is 2.75. The third kappa shape index (κ3) is 3.12. The van der Waals surface area contributed by atoms with Crippen LogP contribution in [0.5, 0.6) is 0 Å². The van der Waals surface area contributed by atoms with Crippen LogP contribution < -0.4 is 0 Å². The summed E-state index contributed by atoms with van der Waals surface area (Å²) < 4.78 is 6.73. The van der Waals surface area contributed by atoms with Gasteiger partial charge in [-0.3, -0.25) is 0 Å². The molecule has 5 heteroatoms. The Hall–Kier alpha value is -2.17. The van der Waals surface area contributed by atoms with E-state index in [4.69, 9.17) is 4.74 Å². The first-order valence-corrected chi connectivity index (χ1v) is 7.08. The first-order chi connectivity index (χ1) is 9.93. The number of aryl methyl sites for hydroxylation is 3. The minimum Gasteiger partial charge on any atom is -0.461 e. The van der Waals surface area contributed by atoms with Crippen LogP contribution in [0.25, 0.3) is 0 Å². The Balaban J connectivity index is 2.31. The summed E-state index contributed by atoms with van der Waals surface area (Å²) in [6, 6.07) is 4.31. The van der Waals surface area contributed by atoms with E-state index in [1.807, 2.05) is 6.92 Å². The topological polar surface area (TPSA) is 57.0 Å². The second-order valence-electron chi connectivity index (χ2n) is 5.28. The van der Waals surface area contributed by atoms with Crippen LogP contribution in [-0.4, -0.2) is 27.6 Å². The fourth-order valence-corrected chi connectivity index (χ4v) is 2.51. The molecule has 0 bridgehead atoms. The van der Waals surface area contributed by atoms with Crippen molar-refractivity contribution in [3.63, 3.8) is 0 Å². The van der Waals surface area contributed by atoms with Crippen LogP contribution in [0.2, 0.25) is 0 Å². The molecule has 1 aromatic carbocycles. The van der Waals surface area contributed by atoms with Gasteiger partial charge in [0.05, 0.1) is 18.8 Å². The fraction of sp³-hybridized carbons (Fsp3) is 0.438. The number of rotatable bonds is 4. The van der Waals surface area contributed by atoms with E-state index in [0.29, 0.717) is 18.8 Å². The lowest BCUT2D eigenvalue weighted by Gasteiger charge is -2.12. The smallest absolute Gasteiger partial charge is 0.360 e. The molecule has 1 heterocycles. The molecule has 0 aliphatic carbocycles. The molecule has 0 atom stereocenters. The summed E-state index contributed by atoms with van der Waals surface area (Å²) in [6.07, 6.45) is 0. The summed E-state index contributed by atoms with van der Waals surface area (Å²) in [5.74, 6) is -0.418. The van der Waals surface area contributed by atoms with Gasteiger partial charge in [-0.25, -0.2) is 9.48 Å². The Labute approximate surface area is 124 Å². The molecule has 0 N–H and O–H groups in total. The molecule has 2 rings (SSSR count). The summed E-state index contributed by atoms with van der Waals surface area (Å²) in [4.78, 5) is 11.8. The maximum atomic E-state index is 11.8. The number of aromatic nitrogens is 3. The zero-order valence-corrected chi connectivity index (χ0v) is 13.2. The van der Waals surface area contributed by atoms with Gasteiger partial charge in [-0.05, 0) is 51.3 Å². The van der Waals surface area contributed by atoms with Crippen molar-refractivity contribution in [2.24, 2.45) is 0 Å². The Bertz CT molecular complexity index is 651. The number of ether oxygens (including phenoxy) is 1. The van der Waals surface area contributed by atoms with Crippen LogP contribution in [0.1, 0.15) is 45.4 Å². The van der Waals surface area contributed by atoms with Gasteiger partial charge in [0.1, 0.15) is 0 Å². The van der Waals surface area contributed by atoms with E-state index in [0.717, 1.165) is 5.69 Å². The minimum atomic E-state index is -0.418. The largest absolute Gasteiger partial charge is 0.461 e. The quantitative estimate of drug-likeness (QED) is 0.811. The zero-order chi connectivity index (χ0) is 15.6. The van der Waals surface area contributed by atoms with Crippen molar-refractivity contribution in [2.45, 2.75) is 41.2 Å². The third-order valence-electron chi connectivity index (χ3n) is 3.60. The van der Waals surface area contributed by atoms with E-state index in [2.05, 4.69) is 43.2 Å². The lowest BCUT2D eigenvalue weighted by Crippen LogP contribution is -2.10. The molecule has 5 nitrogen and oxygen atoms in total. The van der Waals surface area contributed by atoms with Crippen LogP contribution in [0, 0.1) is 27.7 Å². The number of esters is 1. The maximum absolute atomic E-state index is 11.8. The lowest BCUT2D eigenvalue weighted by atomic mass is 10.00.